The van der Waals surface area contributed by atoms with E-state index in [0.717, 1.165) is 11.1 Å². The maximum atomic E-state index is 11.8. The van der Waals surface area contributed by atoms with E-state index in [9.17, 15) is 14.9 Å². The summed E-state index contributed by atoms with van der Waals surface area (Å²) in [6.07, 6.45) is 0. The fraction of sp³-hybridized carbons (Fsp3) is 0.154. The van der Waals surface area contributed by atoms with E-state index in [0.29, 0.717) is 0 Å². The number of benzene rings is 1. The van der Waals surface area contributed by atoms with Gasteiger partial charge in [-0.2, -0.15) is 0 Å². The smallest absolute Gasteiger partial charge is 0.321 e. The number of H-pyrrole nitrogens is 1. The molecule has 0 aliphatic rings. The molecule has 0 saturated carbocycles. The van der Waals surface area contributed by atoms with Gasteiger partial charge in [0.1, 0.15) is 0 Å². The molecule has 0 aliphatic heterocycles. The van der Waals surface area contributed by atoms with Gasteiger partial charge in [-0.25, -0.2) is 4.98 Å². The lowest BCUT2D eigenvalue weighted by Crippen LogP contribution is -2.23. The summed E-state index contributed by atoms with van der Waals surface area (Å²) in [5.74, 6) is -0.648. The predicted octanol–water partition coefficient (Wildman–Crippen LogP) is 1.35. The van der Waals surface area contributed by atoms with Gasteiger partial charge in [-0.1, -0.05) is 24.3 Å². The number of aliphatic hydroxyl groups excluding tert-OH is 1. The molecule has 2 rings (SSSR count). The highest BCUT2D eigenvalue weighted by atomic mass is 16.6. The minimum atomic E-state index is -0.596. The van der Waals surface area contributed by atoms with E-state index < -0.39 is 10.8 Å². The van der Waals surface area contributed by atoms with E-state index in [1.54, 1.807) is 18.2 Å². The van der Waals surface area contributed by atoms with Crippen LogP contribution >= 0.6 is 0 Å². The summed E-state index contributed by atoms with van der Waals surface area (Å²) < 4.78 is 0. The summed E-state index contributed by atoms with van der Waals surface area (Å²) in [6.45, 7) is 0.212. The van der Waals surface area contributed by atoms with Crippen molar-refractivity contribution in [3.05, 3.63) is 63.3 Å². The number of aliphatic hydroxyl groups is 1. The van der Waals surface area contributed by atoms with E-state index >= 15 is 0 Å². The van der Waals surface area contributed by atoms with Gasteiger partial charge in [-0.3, -0.25) is 4.79 Å². The molecular weight excluding hydrogens is 262 g/mol. The highest BCUT2D eigenvalue weighted by Gasteiger charge is 2.14. The van der Waals surface area contributed by atoms with E-state index in [1.807, 2.05) is 6.07 Å². The van der Waals surface area contributed by atoms with Crippen molar-refractivity contribution in [1.29, 1.82) is 0 Å². The Morgan fingerprint density at radius 2 is 2.05 bits per heavy atom. The van der Waals surface area contributed by atoms with Crippen molar-refractivity contribution in [2.24, 2.45) is 0 Å². The Morgan fingerprint density at radius 3 is 2.70 bits per heavy atom. The second-order valence-corrected chi connectivity index (χ2v) is 4.18. The van der Waals surface area contributed by atoms with Crippen LogP contribution in [0.4, 0.5) is 5.82 Å². The van der Waals surface area contributed by atoms with Crippen LogP contribution in [-0.4, -0.2) is 20.9 Å². The first-order chi connectivity index (χ1) is 9.60. The fourth-order valence-electron chi connectivity index (χ4n) is 1.74. The summed E-state index contributed by atoms with van der Waals surface area (Å²) in [7, 11) is 0. The van der Waals surface area contributed by atoms with E-state index in [2.05, 4.69) is 10.3 Å². The molecule has 2 aromatic rings. The van der Waals surface area contributed by atoms with Gasteiger partial charge in [0.15, 0.2) is 5.69 Å². The number of carbonyl (C=O) groups excluding carboxylic acids is 1. The molecule has 0 aliphatic carbocycles. The largest absolute Gasteiger partial charge is 0.392 e. The number of hydrogen-bond acceptors (Lipinski definition) is 4. The Kier molecular flexibility index (Phi) is 4.11. The molecule has 0 radical (unpaired) electrons. The number of carbonyl (C=O) groups is 1. The van der Waals surface area contributed by atoms with Crippen molar-refractivity contribution in [2.45, 2.75) is 13.2 Å². The lowest BCUT2D eigenvalue weighted by atomic mass is 10.1. The molecule has 0 saturated heterocycles. The van der Waals surface area contributed by atoms with Crippen LogP contribution in [0.2, 0.25) is 0 Å². The minimum Gasteiger partial charge on any atom is -0.392 e. The average molecular weight is 275 g/mol. The number of nitrogens with one attached hydrogen (secondary N) is 2. The molecule has 1 aromatic heterocycles. The molecule has 104 valence electrons. The predicted molar refractivity (Wildman–Crippen MR) is 71.0 cm³/mol. The van der Waals surface area contributed by atoms with E-state index in [1.165, 1.54) is 12.1 Å². The number of rotatable bonds is 5. The van der Waals surface area contributed by atoms with Crippen LogP contribution in [0, 0.1) is 10.1 Å². The van der Waals surface area contributed by atoms with Gasteiger partial charge in [-0.15, -0.1) is 0 Å². The summed E-state index contributed by atoms with van der Waals surface area (Å²) >= 11 is 0. The first kappa shape index (κ1) is 13.8. The van der Waals surface area contributed by atoms with Crippen LogP contribution in [0.3, 0.4) is 0 Å². The SMILES string of the molecule is O=C(NCc1cccc(CO)c1)c1ccc([N+](=O)[O-])[nH]1. The van der Waals surface area contributed by atoms with Crippen LogP contribution in [0.1, 0.15) is 21.6 Å². The minimum absolute atomic E-state index is 0.0649. The fourth-order valence-corrected chi connectivity index (χ4v) is 1.74. The third-order valence-corrected chi connectivity index (χ3v) is 2.74. The van der Waals surface area contributed by atoms with Gasteiger partial charge < -0.3 is 20.5 Å². The van der Waals surface area contributed by atoms with Crippen LogP contribution in [0.15, 0.2) is 36.4 Å². The Balaban J connectivity index is 1.98. The standard InChI is InChI=1S/C13H13N3O4/c17-8-10-3-1-2-9(6-10)7-14-13(18)11-4-5-12(15-11)16(19)20/h1-6,15,17H,7-8H2,(H,14,18). The Hall–Kier alpha value is -2.67. The molecular formula is C13H13N3O4. The van der Waals surface area contributed by atoms with Crippen LogP contribution < -0.4 is 5.32 Å². The highest BCUT2D eigenvalue weighted by molar-refractivity contribution is 5.92. The summed E-state index contributed by atoms with van der Waals surface area (Å²) in [5, 5.41) is 22.2. The molecule has 1 aromatic carbocycles. The number of nitro groups is 1. The van der Waals surface area contributed by atoms with Crippen LogP contribution in [-0.2, 0) is 13.2 Å². The molecule has 20 heavy (non-hydrogen) atoms. The molecule has 0 unspecified atom stereocenters. The third-order valence-electron chi connectivity index (χ3n) is 2.74. The zero-order chi connectivity index (χ0) is 14.5. The van der Waals surface area contributed by atoms with Gasteiger partial charge in [0, 0.05) is 12.6 Å². The number of aromatic amines is 1. The van der Waals surface area contributed by atoms with Crippen LogP contribution in [0.25, 0.3) is 0 Å². The Morgan fingerprint density at radius 1 is 1.30 bits per heavy atom. The van der Waals surface area contributed by atoms with Gasteiger partial charge in [0.25, 0.3) is 5.91 Å². The zero-order valence-corrected chi connectivity index (χ0v) is 10.5. The maximum Gasteiger partial charge on any atom is 0.321 e. The second kappa shape index (κ2) is 5.98. The van der Waals surface area contributed by atoms with Crippen molar-refractivity contribution in [3.63, 3.8) is 0 Å². The van der Waals surface area contributed by atoms with Crippen molar-refractivity contribution < 1.29 is 14.8 Å². The van der Waals surface area contributed by atoms with Crippen LogP contribution in [0.5, 0.6) is 0 Å². The first-order valence-electron chi connectivity index (χ1n) is 5.90. The Bertz CT molecular complexity index is 636. The summed E-state index contributed by atoms with van der Waals surface area (Å²) in [6, 6.07) is 9.75. The van der Waals surface area contributed by atoms with Crippen molar-refractivity contribution in [1.82, 2.24) is 10.3 Å². The monoisotopic (exact) mass is 275 g/mol. The quantitative estimate of drug-likeness (QED) is 0.565. The molecule has 0 spiro atoms. The van der Waals surface area contributed by atoms with Gasteiger partial charge >= 0.3 is 5.82 Å². The number of aromatic nitrogens is 1. The first-order valence-corrected chi connectivity index (χ1v) is 5.90. The zero-order valence-electron chi connectivity index (χ0n) is 10.5. The lowest BCUT2D eigenvalue weighted by Gasteiger charge is -2.04. The number of nitrogens with zero attached hydrogens (tertiary/aromatic N) is 1. The van der Waals surface area contributed by atoms with Crippen molar-refractivity contribution >= 4 is 11.7 Å². The number of amides is 1. The molecule has 3 N–H and O–H groups in total. The summed E-state index contributed by atoms with van der Waals surface area (Å²) in [5.41, 5.74) is 1.73. The molecule has 1 amide bonds. The topological polar surface area (TPSA) is 108 Å². The van der Waals surface area contributed by atoms with E-state index in [4.69, 9.17) is 5.11 Å². The normalized spacial score (nSPS) is 10.2. The molecule has 1 heterocycles. The second-order valence-electron chi connectivity index (χ2n) is 4.18. The third kappa shape index (κ3) is 3.21. The lowest BCUT2D eigenvalue weighted by molar-refractivity contribution is -0.389. The molecule has 7 nitrogen and oxygen atoms in total. The van der Waals surface area contributed by atoms with Gasteiger partial charge in [0.05, 0.1) is 6.61 Å². The molecule has 7 heteroatoms. The molecule has 0 fully saturated rings. The number of hydrogen-bond donors (Lipinski definition) is 3. The summed E-state index contributed by atoms with van der Waals surface area (Å²) in [4.78, 5) is 24.1. The van der Waals surface area contributed by atoms with Gasteiger partial charge in [-0.05, 0) is 22.1 Å². The maximum absolute atomic E-state index is 11.8. The molecule has 0 atom stereocenters. The Labute approximate surface area is 114 Å². The van der Waals surface area contributed by atoms with Crippen molar-refractivity contribution in [2.75, 3.05) is 0 Å². The van der Waals surface area contributed by atoms with Gasteiger partial charge in [0.2, 0.25) is 0 Å². The van der Waals surface area contributed by atoms with Crippen molar-refractivity contribution in [3.8, 4) is 0 Å². The molecule has 0 bridgehead atoms. The van der Waals surface area contributed by atoms with E-state index in [-0.39, 0.29) is 24.7 Å². The average Bonchev–Trinajstić information content (AvgIpc) is 2.95. The highest BCUT2D eigenvalue weighted by Crippen LogP contribution is 2.10.